The maximum Gasteiger partial charge on any atom is 0.137 e. The smallest absolute Gasteiger partial charge is 0.137 e. The van der Waals surface area contributed by atoms with Crippen LogP contribution in [0.4, 0.5) is 0 Å². The number of benzene rings is 1. The molecule has 3 heteroatoms. The van der Waals surface area contributed by atoms with E-state index in [-0.39, 0.29) is 0 Å². The van der Waals surface area contributed by atoms with Crippen LogP contribution >= 0.6 is 27.5 Å². The normalized spacial score (nSPS) is 10.5. The molecule has 1 aromatic carbocycles. The minimum absolute atomic E-state index is 0.542. The van der Waals surface area contributed by atoms with E-state index in [9.17, 15) is 0 Å². The molecule has 0 aliphatic rings. The maximum absolute atomic E-state index is 5.92. The molecule has 0 fully saturated rings. The molecule has 2 aromatic rings. The Morgan fingerprint density at radius 1 is 1.25 bits per heavy atom. The molecule has 1 heterocycles. The van der Waals surface area contributed by atoms with Crippen LogP contribution in [0.15, 0.2) is 34.9 Å². The van der Waals surface area contributed by atoms with Gasteiger partial charge < -0.3 is 0 Å². The third-order valence-electron chi connectivity index (χ3n) is 1.69. The van der Waals surface area contributed by atoms with Crippen LogP contribution in [0.2, 0.25) is 5.15 Å². The molecule has 0 aliphatic carbocycles. The van der Waals surface area contributed by atoms with Crippen molar-refractivity contribution in [3.05, 3.63) is 40.1 Å². The van der Waals surface area contributed by atoms with E-state index in [1.54, 1.807) is 6.20 Å². The van der Waals surface area contributed by atoms with Crippen molar-refractivity contribution in [1.29, 1.82) is 0 Å². The highest BCUT2D eigenvalue weighted by molar-refractivity contribution is 9.10. The van der Waals surface area contributed by atoms with Crippen LogP contribution in [0.25, 0.3) is 10.8 Å². The standard InChI is InChI=1S/C9H5BrClN/c10-7-3-1-2-6-4-5-12-9(11)8(6)7/h1-5H. The lowest BCUT2D eigenvalue weighted by Crippen LogP contribution is -1.79. The molecule has 0 spiro atoms. The van der Waals surface area contributed by atoms with Crippen molar-refractivity contribution in [1.82, 2.24) is 4.98 Å². The number of nitrogens with zero attached hydrogens (tertiary/aromatic N) is 1. The van der Waals surface area contributed by atoms with Crippen molar-refractivity contribution < 1.29 is 0 Å². The molecule has 1 aromatic heterocycles. The molecule has 0 saturated heterocycles. The highest BCUT2D eigenvalue weighted by Crippen LogP contribution is 2.28. The molecule has 1 nitrogen and oxygen atoms in total. The van der Waals surface area contributed by atoms with Crippen molar-refractivity contribution in [2.75, 3.05) is 0 Å². The summed E-state index contributed by atoms with van der Waals surface area (Å²) in [5.74, 6) is 0. The molecule has 60 valence electrons. The molecular weight excluding hydrogens is 237 g/mol. The summed E-state index contributed by atoms with van der Waals surface area (Å²) in [5, 5.41) is 2.62. The summed E-state index contributed by atoms with van der Waals surface area (Å²) in [4.78, 5) is 4.00. The van der Waals surface area contributed by atoms with Gasteiger partial charge in [-0.15, -0.1) is 0 Å². The lowest BCUT2D eigenvalue weighted by atomic mass is 10.2. The highest BCUT2D eigenvalue weighted by Gasteiger charge is 2.01. The molecule has 0 saturated carbocycles. The van der Waals surface area contributed by atoms with E-state index >= 15 is 0 Å². The number of hydrogen-bond donors (Lipinski definition) is 0. The number of halogens is 2. The van der Waals surface area contributed by atoms with E-state index in [1.807, 2.05) is 24.3 Å². The predicted octanol–water partition coefficient (Wildman–Crippen LogP) is 3.65. The summed E-state index contributed by atoms with van der Waals surface area (Å²) in [6.45, 7) is 0. The SMILES string of the molecule is Clc1nccc2cccc(Br)c12. The Bertz CT molecular complexity index is 391. The van der Waals surface area contributed by atoms with Crippen LogP contribution < -0.4 is 0 Å². The van der Waals surface area contributed by atoms with E-state index in [1.165, 1.54) is 0 Å². The van der Waals surface area contributed by atoms with Crippen LogP contribution in [0.5, 0.6) is 0 Å². The highest BCUT2D eigenvalue weighted by atomic mass is 79.9. The predicted molar refractivity (Wildman–Crippen MR) is 54.5 cm³/mol. The Hall–Kier alpha value is -0.600. The second kappa shape index (κ2) is 3.04. The lowest BCUT2D eigenvalue weighted by molar-refractivity contribution is 1.36. The molecule has 0 unspecified atom stereocenters. The minimum atomic E-state index is 0.542. The van der Waals surface area contributed by atoms with Crippen LogP contribution in [0, 0.1) is 0 Å². The largest absolute Gasteiger partial charge is 0.244 e. The Labute approximate surface area is 83.5 Å². The minimum Gasteiger partial charge on any atom is -0.244 e. The second-order valence-corrected chi connectivity index (χ2v) is 3.65. The molecule has 0 amide bonds. The average Bonchev–Trinajstić information content (AvgIpc) is 2.04. The van der Waals surface area contributed by atoms with Crippen molar-refractivity contribution in [3.63, 3.8) is 0 Å². The molecule has 0 atom stereocenters. The van der Waals surface area contributed by atoms with Gasteiger partial charge in [0, 0.05) is 16.1 Å². The first-order valence-corrected chi connectivity index (χ1v) is 4.65. The van der Waals surface area contributed by atoms with Gasteiger partial charge in [0.05, 0.1) is 0 Å². The Balaban J connectivity index is 2.96. The molecule has 0 aliphatic heterocycles. The summed E-state index contributed by atoms with van der Waals surface area (Å²) in [6.07, 6.45) is 1.71. The summed E-state index contributed by atoms with van der Waals surface area (Å²) in [5.41, 5.74) is 0. The molecule has 2 rings (SSSR count). The van der Waals surface area contributed by atoms with Gasteiger partial charge in [-0.05, 0) is 17.5 Å². The van der Waals surface area contributed by atoms with Gasteiger partial charge >= 0.3 is 0 Å². The van der Waals surface area contributed by atoms with E-state index in [2.05, 4.69) is 20.9 Å². The number of fused-ring (bicyclic) bond motifs is 1. The van der Waals surface area contributed by atoms with Crippen LogP contribution in [0.1, 0.15) is 0 Å². The van der Waals surface area contributed by atoms with Crippen LogP contribution in [-0.4, -0.2) is 4.98 Å². The third kappa shape index (κ3) is 1.21. The van der Waals surface area contributed by atoms with Crippen molar-refractivity contribution >= 4 is 38.3 Å². The number of pyridine rings is 1. The first-order valence-electron chi connectivity index (χ1n) is 3.48. The molecule has 0 radical (unpaired) electrons. The van der Waals surface area contributed by atoms with Gasteiger partial charge in [-0.3, -0.25) is 0 Å². The fraction of sp³-hybridized carbons (Fsp3) is 0. The van der Waals surface area contributed by atoms with Crippen molar-refractivity contribution in [2.45, 2.75) is 0 Å². The van der Waals surface area contributed by atoms with Gasteiger partial charge in [-0.2, -0.15) is 0 Å². The van der Waals surface area contributed by atoms with Gasteiger partial charge in [0.1, 0.15) is 5.15 Å². The Morgan fingerprint density at radius 2 is 2.08 bits per heavy atom. The third-order valence-corrected chi connectivity index (χ3v) is 2.64. The van der Waals surface area contributed by atoms with Crippen molar-refractivity contribution in [2.24, 2.45) is 0 Å². The first-order chi connectivity index (χ1) is 5.79. The summed E-state index contributed by atoms with van der Waals surface area (Å²) >= 11 is 9.34. The van der Waals surface area contributed by atoms with Gasteiger partial charge in [-0.25, -0.2) is 4.98 Å². The van der Waals surface area contributed by atoms with Gasteiger partial charge in [0.2, 0.25) is 0 Å². The molecule has 12 heavy (non-hydrogen) atoms. The average molecular weight is 243 g/mol. The molecule has 0 N–H and O–H groups in total. The zero-order chi connectivity index (χ0) is 8.55. The number of aromatic nitrogens is 1. The first kappa shape index (κ1) is 8.02. The zero-order valence-electron chi connectivity index (χ0n) is 6.09. The Kier molecular flexibility index (Phi) is 2.03. The second-order valence-electron chi connectivity index (χ2n) is 2.44. The van der Waals surface area contributed by atoms with E-state index in [4.69, 9.17) is 11.6 Å². The maximum atomic E-state index is 5.92. The number of rotatable bonds is 0. The molecular formula is C9H5BrClN. The summed E-state index contributed by atoms with van der Waals surface area (Å²) < 4.78 is 0.984. The van der Waals surface area contributed by atoms with E-state index < -0.39 is 0 Å². The zero-order valence-corrected chi connectivity index (χ0v) is 8.43. The fourth-order valence-corrected chi connectivity index (χ4v) is 2.10. The van der Waals surface area contributed by atoms with Crippen LogP contribution in [-0.2, 0) is 0 Å². The van der Waals surface area contributed by atoms with Gasteiger partial charge in [0.15, 0.2) is 0 Å². The van der Waals surface area contributed by atoms with Crippen LogP contribution in [0.3, 0.4) is 0 Å². The summed E-state index contributed by atoms with van der Waals surface area (Å²) in [7, 11) is 0. The summed E-state index contributed by atoms with van der Waals surface area (Å²) in [6, 6.07) is 7.87. The molecule has 0 bridgehead atoms. The van der Waals surface area contributed by atoms with E-state index in [0.29, 0.717) is 5.15 Å². The fourth-order valence-electron chi connectivity index (χ4n) is 1.14. The lowest BCUT2D eigenvalue weighted by Gasteiger charge is -2.00. The van der Waals surface area contributed by atoms with E-state index in [0.717, 1.165) is 15.2 Å². The monoisotopic (exact) mass is 241 g/mol. The quantitative estimate of drug-likeness (QED) is 0.643. The number of hydrogen-bond acceptors (Lipinski definition) is 1. The van der Waals surface area contributed by atoms with Gasteiger partial charge in [-0.1, -0.05) is 39.7 Å². The topological polar surface area (TPSA) is 12.9 Å². The van der Waals surface area contributed by atoms with Crippen molar-refractivity contribution in [3.8, 4) is 0 Å². The van der Waals surface area contributed by atoms with Gasteiger partial charge in [0.25, 0.3) is 0 Å². The Morgan fingerprint density at radius 3 is 2.83 bits per heavy atom.